The van der Waals surface area contributed by atoms with Gasteiger partial charge in [0.25, 0.3) is 0 Å². The number of hydrogen-bond acceptors (Lipinski definition) is 4. The molecular weight excluding hydrogens is 300 g/mol. The molecule has 5 heteroatoms. The summed E-state index contributed by atoms with van der Waals surface area (Å²) in [7, 11) is 1.59. The van der Waals surface area contributed by atoms with E-state index in [2.05, 4.69) is 15.9 Å². The summed E-state index contributed by atoms with van der Waals surface area (Å²) < 4.78 is 17.4. The fourth-order valence-corrected chi connectivity index (χ4v) is 2.53. The number of methoxy groups -OCH3 is 1. The Morgan fingerprint density at radius 3 is 2.94 bits per heavy atom. The van der Waals surface area contributed by atoms with Crippen molar-refractivity contribution in [3.8, 4) is 11.5 Å². The summed E-state index contributed by atoms with van der Waals surface area (Å²) in [6.07, 6.45) is 2.06. The lowest BCUT2D eigenvalue weighted by Crippen LogP contribution is -2.28. The fraction of sp³-hybridized carbons (Fsp3) is 0.538. The highest BCUT2D eigenvalue weighted by Gasteiger charge is 2.19. The minimum atomic E-state index is -0.0260. The molecule has 4 nitrogen and oxygen atoms in total. The number of aliphatic hydroxyl groups is 1. The summed E-state index contributed by atoms with van der Waals surface area (Å²) in [5.41, 5.74) is 0.783. The topological polar surface area (TPSA) is 47.9 Å². The number of halogens is 1. The van der Waals surface area contributed by atoms with Crippen molar-refractivity contribution in [2.45, 2.75) is 25.6 Å². The Morgan fingerprint density at radius 1 is 1.50 bits per heavy atom. The second-order valence-corrected chi connectivity index (χ2v) is 5.08. The van der Waals surface area contributed by atoms with E-state index in [-0.39, 0.29) is 12.7 Å². The molecule has 1 unspecified atom stereocenters. The predicted molar refractivity (Wildman–Crippen MR) is 71.1 cm³/mol. The van der Waals surface area contributed by atoms with E-state index in [1.807, 2.05) is 6.07 Å². The molecule has 1 saturated heterocycles. The minimum Gasteiger partial charge on any atom is -0.493 e. The molecule has 1 aliphatic rings. The highest BCUT2D eigenvalue weighted by atomic mass is 79.9. The first-order valence-electron chi connectivity index (χ1n) is 5.96. The van der Waals surface area contributed by atoms with Crippen LogP contribution in [-0.4, -0.2) is 31.5 Å². The van der Waals surface area contributed by atoms with E-state index in [0.29, 0.717) is 18.1 Å². The molecule has 1 heterocycles. The van der Waals surface area contributed by atoms with Crippen molar-refractivity contribution >= 4 is 15.9 Å². The van der Waals surface area contributed by atoms with E-state index >= 15 is 0 Å². The number of benzene rings is 1. The third-order valence-corrected chi connectivity index (χ3v) is 3.46. The maximum absolute atomic E-state index is 9.16. The van der Waals surface area contributed by atoms with Crippen LogP contribution in [0.15, 0.2) is 16.6 Å². The second kappa shape index (κ2) is 6.41. The molecule has 1 fully saturated rings. The van der Waals surface area contributed by atoms with E-state index in [1.54, 1.807) is 13.2 Å². The second-order valence-electron chi connectivity index (χ2n) is 4.22. The van der Waals surface area contributed by atoms with Gasteiger partial charge in [-0.2, -0.15) is 0 Å². The van der Waals surface area contributed by atoms with Gasteiger partial charge in [-0.1, -0.05) is 0 Å². The summed E-state index contributed by atoms with van der Waals surface area (Å²) in [6.45, 7) is 1.39. The van der Waals surface area contributed by atoms with Crippen LogP contribution < -0.4 is 9.47 Å². The molecule has 1 aromatic carbocycles. The van der Waals surface area contributed by atoms with Crippen LogP contribution in [0.5, 0.6) is 11.5 Å². The van der Waals surface area contributed by atoms with Gasteiger partial charge in [-0.05, 0) is 46.5 Å². The molecule has 0 saturated carbocycles. The number of rotatable bonds is 4. The maximum Gasteiger partial charge on any atom is 0.175 e. The molecule has 1 aliphatic heterocycles. The molecule has 1 N–H and O–H groups in total. The lowest BCUT2D eigenvalue weighted by molar-refractivity contribution is 0.00609. The smallest absolute Gasteiger partial charge is 0.175 e. The van der Waals surface area contributed by atoms with Crippen LogP contribution >= 0.6 is 15.9 Å². The van der Waals surface area contributed by atoms with Gasteiger partial charge < -0.3 is 19.3 Å². The summed E-state index contributed by atoms with van der Waals surface area (Å²) >= 11 is 3.45. The molecule has 18 heavy (non-hydrogen) atoms. The van der Waals surface area contributed by atoms with Gasteiger partial charge in [-0.3, -0.25) is 0 Å². The van der Waals surface area contributed by atoms with E-state index in [9.17, 15) is 0 Å². The van der Waals surface area contributed by atoms with Crippen molar-refractivity contribution in [3.05, 3.63) is 22.2 Å². The summed E-state index contributed by atoms with van der Waals surface area (Å²) in [6, 6.07) is 3.62. The van der Waals surface area contributed by atoms with Crippen LogP contribution in [0.25, 0.3) is 0 Å². The Balaban J connectivity index is 2.19. The van der Waals surface area contributed by atoms with Gasteiger partial charge >= 0.3 is 0 Å². The Morgan fingerprint density at radius 2 is 2.33 bits per heavy atom. The zero-order chi connectivity index (χ0) is 13.0. The van der Waals surface area contributed by atoms with Gasteiger partial charge in [0.05, 0.1) is 24.8 Å². The maximum atomic E-state index is 9.16. The van der Waals surface area contributed by atoms with Crippen LogP contribution in [0.2, 0.25) is 0 Å². The van der Waals surface area contributed by atoms with Crippen molar-refractivity contribution < 1.29 is 19.3 Å². The Bertz CT molecular complexity index is 402. The highest BCUT2D eigenvalue weighted by Crippen LogP contribution is 2.38. The number of hydrogen-bond donors (Lipinski definition) is 1. The van der Waals surface area contributed by atoms with Gasteiger partial charge in [0.2, 0.25) is 0 Å². The van der Waals surface area contributed by atoms with E-state index in [4.69, 9.17) is 19.3 Å². The van der Waals surface area contributed by atoms with Crippen molar-refractivity contribution in [1.82, 2.24) is 0 Å². The molecule has 0 aromatic heterocycles. The first kappa shape index (κ1) is 13.6. The third-order valence-electron chi connectivity index (χ3n) is 2.87. The molecule has 0 amide bonds. The van der Waals surface area contributed by atoms with Crippen LogP contribution in [-0.2, 0) is 11.3 Å². The zero-order valence-electron chi connectivity index (χ0n) is 10.3. The SMILES string of the molecule is COc1cc(CO)cc(Br)c1OC1CCCOC1. The summed E-state index contributed by atoms with van der Waals surface area (Å²) in [4.78, 5) is 0. The first-order valence-corrected chi connectivity index (χ1v) is 6.75. The molecular formula is C13H17BrO4. The number of aliphatic hydroxyl groups excluding tert-OH is 1. The van der Waals surface area contributed by atoms with Gasteiger partial charge in [-0.15, -0.1) is 0 Å². The van der Waals surface area contributed by atoms with Crippen LogP contribution in [0, 0.1) is 0 Å². The van der Waals surface area contributed by atoms with Crippen LogP contribution in [0.1, 0.15) is 18.4 Å². The van der Waals surface area contributed by atoms with Crippen molar-refractivity contribution in [1.29, 1.82) is 0 Å². The lowest BCUT2D eigenvalue weighted by Gasteiger charge is -2.25. The van der Waals surface area contributed by atoms with Crippen LogP contribution in [0.3, 0.4) is 0 Å². The molecule has 0 spiro atoms. The lowest BCUT2D eigenvalue weighted by atomic mass is 10.1. The van der Waals surface area contributed by atoms with Gasteiger partial charge in [0.1, 0.15) is 6.10 Å². The van der Waals surface area contributed by atoms with Crippen molar-refractivity contribution in [2.75, 3.05) is 20.3 Å². The largest absolute Gasteiger partial charge is 0.493 e. The Hall–Kier alpha value is -0.780. The first-order chi connectivity index (χ1) is 8.74. The summed E-state index contributed by atoms with van der Waals surface area (Å²) in [5.74, 6) is 1.30. The normalized spacial score (nSPS) is 19.6. The minimum absolute atomic E-state index is 0.0260. The third kappa shape index (κ3) is 3.16. The Labute approximate surface area is 115 Å². The predicted octanol–water partition coefficient (Wildman–Crippen LogP) is 2.51. The average molecular weight is 317 g/mol. The fourth-order valence-electron chi connectivity index (χ4n) is 1.95. The van der Waals surface area contributed by atoms with E-state index < -0.39 is 0 Å². The molecule has 0 aliphatic carbocycles. The molecule has 100 valence electrons. The average Bonchev–Trinajstić information content (AvgIpc) is 2.42. The standard InChI is InChI=1S/C13H17BrO4/c1-16-12-6-9(7-15)5-11(14)13(12)18-10-3-2-4-17-8-10/h5-6,10,15H,2-4,7-8H2,1H3. The van der Waals surface area contributed by atoms with E-state index in [1.165, 1.54) is 0 Å². The summed E-state index contributed by atoms with van der Waals surface area (Å²) in [5, 5.41) is 9.16. The number of ether oxygens (including phenoxy) is 3. The molecule has 2 rings (SSSR count). The zero-order valence-corrected chi connectivity index (χ0v) is 11.9. The van der Waals surface area contributed by atoms with Crippen molar-refractivity contribution in [3.63, 3.8) is 0 Å². The quantitative estimate of drug-likeness (QED) is 0.927. The van der Waals surface area contributed by atoms with Gasteiger partial charge in [-0.25, -0.2) is 0 Å². The Kier molecular flexibility index (Phi) is 4.86. The molecule has 0 radical (unpaired) electrons. The van der Waals surface area contributed by atoms with Gasteiger partial charge in [0.15, 0.2) is 11.5 Å². The molecule has 1 atom stereocenters. The van der Waals surface area contributed by atoms with Crippen LogP contribution in [0.4, 0.5) is 0 Å². The van der Waals surface area contributed by atoms with Gasteiger partial charge in [0, 0.05) is 6.61 Å². The van der Waals surface area contributed by atoms with E-state index in [0.717, 1.165) is 29.5 Å². The molecule has 1 aromatic rings. The molecule has 0 bridgehead atoms. The monoisotopic (exact) mass is 316 g/mol. The highest BCUT2D eigenvalue weighted by molar-refractivity contribution is 9.10. The van der Waals surface area contributed by atoms with Crippen molar-refractivity contribution in [2.24, 2.45) is 0 Å².